The van der Waals surface area contributed by atoms with E-state index < -0.39 is 0 Å². The number of piperidine rings is 1. The van der Waals surface area contributed by atoms with Crippen LogP contribution in [0.25, 0.3) is 0 Å². The normalized spacial score (nSPS) is 16.3. The number of hydrogen-bond acceptors (Lipinski definition) is 5. The van der Waals surface area contributed by atoms with Crippen LogP contribution in [0.3, 0.4) is 0 Å². The van der Waals surface area contributed by atoms with Crippen LogP contribution in [-0.4, -0.2) is 43.3 Å². The molecule has 1 aliphatic rings. The van der Waals surface area contributed by atoms with Gasteiger partial charge in [-0.25, -0.2) is 9.97 Å². The van der Waals surface area contributed by atoms with Crippen LogP contribution in [0.5, 0.6) is 5.88 Å². The maximum Gasteiger partial charge on any atom is 0.218 e. The van der Waals surface area contributed by atoms with E-state index in [0.717, 1.165) is 44.3 Å². The van der Waals surface area contributed by atoms with Crippen LogP contribution in [0.15, 0.2) is 12.4 Å². The Kier molecular flexibility index (Phi) is 5.39. The average molecular weight is 264 g/mol. The Morgan fingerprint density at radius 2 is 2.16 bits per heavy atom. The minimum absolute atomic E-state index is 0.636. The third kappa shape index (κ3) is 4.06. The second-order valence-corrected chi connectivity index (χ2v) is 5.06. The van der Waals surface area contributed by atoms with Crippen LogP contribution in [0, 0.1) is 5.92 Å². The van der Waals surface area contributed by atoms with Gasteiger partial charge in [0.15, 0.2) is 0 Å². The fourth-order valence-corrected chi connectivity index (χ4v) is 2.56. The summed E-state index contributed by atoms with van der Waals surface area (Å²) in [6.45, 7) is 6.59. The third-order valence-corrected chi connectivity index (χ3v) is 3.59. The zero-order valence-electron chi connectivity index (χ0n) is 11.9. The van der Waals surface area contributed by atoms with E-state index in [1.807, 2.05) is 6.07 Å². The molecule has 1 N–H and O–H groups in total. The predicted molar refractivity (Wildman–Crippen MR) is 76.7 cm³/mol. The van der Waals surface area contributed by atoms with Crippen molar-refractivity contribution in [3.05, 3.63) is 12.4 Å². The maximum atomic E-state index is 5.19. The van der Waals surface area contributed by atoms with Crippen molar-refractivity contribution >= 4 is 5.82 Å². The molecule has 0 bridgehead atoms. The Hall–Kier alpha value is -1.36. The lowest BCUT2D eigenvalue weighted by molar-refractivity contribution is 0.371. The van der Waals surface area contributed by atoms with Gasteiger partial charge in [0.1, 0.15) is 12.1 Å². The SMILES string of the molecule is CCCN(CC1CCNCC1)c1cc(OC)ncn1. The highest BCUT2D eigenvalue weighted by molar-refractivity contribution is 5.40. The summed E-state index contributed by atoms with van der Waals surface area (Å²) in [5, 5.41) is 3.41. The van der Waals surface area contributed by atoms with Gasteiger partial charge in [-0.3, -0.25) is 0 Å². The molecule has 2 rings (SSSR count). The number of aromatic nitrogens is 2. The highest BCUT2D eigenvalue weighted by atomic mass is 16.5. The van der Waals surface area contributed by atoms with E-state index in [2.05, 4.69) is 27.1 Å². The van der Waals surface area contributed by atoms with Crippen LogP contribution in [0.1, 0.15) is 26.2 Å². The molecule has 1 aromatic heterocycles. The van der Waals surface area contributed by atoms with E-state index in [4.69, 9.17) is 4.74 Å². The number of nitrogens with one attached hydrogen (secondary N) is 1. The second kappa shape index (κ2) is 7.28. The van der Waals surface area contributed by atoms with Crippen molar-refractivity contribution in [2.24, 2.45) is 5.92 Å². The Morgan fingerprint density at radius 3 is 2.84 bits per heavy atom. The molecule has 0 spiro atoms. The van der Waals surface area contributed by atoms with Crippen molar-refractivity contribution in [1.82, 2.24) is 15.3 Å². The molecule has 1 aromatic rings. The van der Waals surface area contributed by atoms with E-state index in [9.17, 15) is 0 Å². The molecular formula is C14H24N4O. The topological polar surface area (TPSA) is 50.3 Å². The van der Waals surface area contributed by atoms with Crippen molar-refractivity contribution in [1.29, 1.82) is 0 Å². The zero-order chi connectivity index (χ0) is 13.5. The smallest absolute Gasteiger partial charge is 0.218 e. The molecule has 2 heterocycles. The number of methoxy groups -OCH3 is 1. The predicted octanol–water partition coefficient (Wildman–Crippen LogP) is 1.70. The first-order valence-electron chi connectivity index (χ1n) is 7.15. The van der Waals surface area contributed by atoms with Gasteiger partial charge in [-0.2, -0.15) is 0 Å². The van der Waals surface area contributed by atoms with Gasteiger partial charge in [-0.1, -0.05) is 6.92 Å². The fraction of sp³-hybridized carbons (Fsp3) is 0.714. The summed E-state index contributed by atoms with van der Waals surface area (Å²) in [5.74, 6) is 2.37. The first kappa shape index (κ1) is 14.1. The van der Waals surface area contributed by atoms with Gasteiger partial charge in [-0.05, 0) is 38.3 Å². The van der Waals surface area contributed by atoms with E-state index in [-0.39, 0.29) is 0 Å². The number of ether oxygens (including phenoxy) is 1. The van der Waals surface area contributed by atoms with Crippen molar-refractivity contribution in [2.45, 2.75) is 26.2 Å². The number of anilines is 1. The Labute approximate surface area is 115 Å². The van der Waals surface area contributed by atoms with Gasteiger partial charge >= 0.3 is 0 Å². The van der Waals surface area contributed by atoms with Crippen LogP contribution >= 0.6 is 0 Å². The van der Waals surface area contributed by atoms with E-state index in [1.54, 1.807) is 13.4 Å². The van der Waals surface area contributed by atoms with Gasteiger partial charge in [-0.15, -0.1) is 0 Å². The van der Waals surface area contributed by atoms with Gasteiger partial charge in [0.05, 0.1) is 7.11 Å². The van der Waals surface area contributed by atoms with Gasteiger partial charge < -0.3 is 15.0 Å². The molecule has 0 saturated carbocycles. The molecule has 0 radical (unpaired) electrons. The lowest BCUT2D eigenvalue weighted by Crippen LogP contribution is -2.37. The van der Waals surface area contributed by atoms with E-state index in [0.29, 0.717) is 5.88 Å². The summed E-state index contributed by atoms with van der Waals surface area (Å²) in [6, 6.07) is 1.93. The standard InChI is InChI=1S/C14H24N4O/c1-3-8-18(10-12-4-6-15-7-5-12)13-9-14(19-2)17-11-16-13/h9,11-12,15H,3-8,10H2,1-2H3. The maximum absolute atomic E-state index is 5.19. The van der Waals surface area contributed by atoms with Gasteiger partial charge in [0.25, 0.3) is 0 Å². The summed E-state index contributed by atoms with van der Waals surface area (Å²) in [6.07, 6.45) is 5.21. The molecular weight excluding hydrogens is 240 g/mol. The first-order valence-corrected chi connectivity index (χ1v) is 7.15. The molecule has 0 amide bonds. The highest BCUT2D eigenvalue weighted by Crippen LogP contribution is 2.20. The van der Waals surface area contributed by atoms with E-state index >= 15 is 0 Å². The Bertz CT molecular complexity index is 379. The molecule has 1 aliphatic heterocycles. The summed E-state index contributed by atoms with van der Waals surface area (Å²) in [7, 11) is 1.64. The van der Waals surface area contributed by atoms with Gasteiger partial charge in [0.2, 0.25) is 5.88 Å². The quantitative estimate of drug-likeness (QED) is 0.847. The lowest BCUT2D eigenvalue weighted by Gasteiger charge is -2.30. The minimum atomic E-state index is 0.636. The summed E-state index contributed by atoms with van der Waals surface area (Å²) < 4.78 is 5.19. The van der Waals surface area contributed by atoms with Gasteiger partial charge in [0, 0.05) is 19.2 Å². The first-order chi connectivity index (χ1) is 9.33. The van der Waals surface area contributed by atoms with Crippen LogP contribution in [0.2, 0.25) is 0 Å². The monoisotopic (exact) mass is 264 g/mol. The molecule has 106 valence electrons. The lowest BCUT2D eigenvalue weighted by atomic mass is 9.97. The highest BCUT2D eigenvalue weighted by Gasteiger charge is 2.18. The molecule has 5 nitrogen and oxygen atoms in total. The largest absolute Gasteiger partial charge is 0.481 e. The van der Waals surface area contributed by atoms with Crippen LogP contribution < -0.4 is 15.0 Å². The number of nitrogens with zero attached hydrogens (tertiary/aromatic N) is 3. The third-order valence-electron chi connectivity index (χ3n) is 3.59. The van der Waals surface area contributed by atoms with Crippen LogP contribution in [-0.2, 0) is 0 Å². The number of hydrogen-bond donors (Lipinski definition) is 1. The molecule has 19 heavy (non-hydrogen) atoms. The molecule has 0 aromatic carbocycles. The number of rotatable bonds is 6. The molecule has 5 heteroatoms. The zero-order valence-corrected chi connectivity index (χ0v) is 11.9. The van der Waals surface area contributed by atoms with Crippen molar-refractivity contribution in [3.8, 4) is 5.88 Å². The Morgan fingerprint density at radius 1 is 1.37 bits per heavy atom. The minimum Gasteiger partial charge on any atom is -0.481 e. The van der Waals surface area contributed by atoms with E-state index in [1.165, 1.54) is 12.8 Å². The summed E-state index contributed by atoms with van der Waals surface area (Å²) in [5.41, 5.74) is 0. The molecule has 0 atom stereocenters. The second-order valence-electron chi connectivity index (χ2n) is 5.06. The fourth-order valence-electron chi connectivity index (χ4n) is 2.56. The van der Waals surface area contributed by atoms with Crippen LogP contribution in [0.4, 0.5) is 5.82 Å². The molecule has 1 fully saturated rings. The van der Waals surface area contributed by atoms with Crippen molar-refractivity contribution in [2.75, 3.05) is 38.2 Å². The Balaban J connectivity index is 2.04. The summed E-state index contributed by atoms with van der Waals surface area (Å²) >= 11 is 0. The molecule has 1 saturated heterocycles. The van der Waals surface area contributed by atoms with Crippen molar-refractivity contribution < 1.29 is 4.74 Å². The molecule has 0 unspecified atom stereocenters. The summed E-state index contributed by atoms with van der Waals surface area (Å²) in [4.78, 5) is 10.8. The van der Waals surface area contributed by atoms with Crippen molar-refractivity contribution in [3.63, 3.8) is 0 Å². The average Bonchev–Trinajstić information content (AvgIpc) is 2.48. The molecule has 0 aliphatic carbocycles.